The van der Waals surface area contributed by atoms with E-state index in [-0.39, 0.29) is 0 Å². The third kappa shape index (κ3) is 9.80. The van der Waals surface area contributed by atoms with Gasteiger partial charge >= 0.3 is 40.9 Å². The number of alkyl halides is 3. The molecule has 0 aliphatic carbocycles. The Hall–Kier alpha value is 1.95. The van der Waals surface area contributed by atoms with Gasteiger partial charge in [0, 0.05) is 13.5 Å². The van der Waals surface area contributed by atoms with Gasteiger partial charge < -0.3 is 49.0 Å². The first kappa shape index (κ1) is 38.0. The van der Waals surface area contributed by atoms with E-state index in [1.54, 1.807) is 32.7 Å². The predicted molar refractivity (Wildman–Crippen MR) is 143 cm³/mol. The Balaban J connectivity index is 7.60. The van der Waals surface area contributed by atoms with E-state index in [0.29, 0.717) is 0 Å². The van der Waals surface area contributed by atoms with E-state index < -0.39 is 113 Å². The lowest BCUT2D eigenvalue weighted by molar-refractivity contribution is -0.131. The number of hydrogen-bond acceptors (Lipinski definition) is 11. The molecular weight excluding hydrogens is 690 g/mol. The van der Waals surface area contributed by atoms with Crippen molar-refractivity contribution < 1.29 is 62.2 Å². The zero-order valence-electron chi connectivity index (χ0n) is 20.7. The van der Waals surface area contributed by atoms with Crippen LogP contribution >= 0.6 is 0 Å². The first-order chi connectivity index (χ1) is 16.3. The van der Waals surface area contributed by atoms with Crippen LogP contribution in [0.4, 0.5) is 13.2 Å². The molecule has 205 valence electrons. The van der Waals surface area contributed by atoms with Crippen LogP contribution in [0.15, 0.2) is 0 Å². The molecule has 0 saturated carbocycles. The van der Waals surface area contributed by atoms with E-state index in [9.17, 15) is 37.1 Å². The maximum atomic E-state index is 13.4. The molecule has 0 saturated heterocycles. The summed E-state index contributed by atoms with van der Waals surface area (Å²) in [6.45, 7) is 1.47. The molecule has 0 fully saturated rings. The molecule has 2 unspecified atom stereocenters. The Morgan fingerprint density at radius 2 is 1.25 bits per heavy atom. The fraction of sp³-hybridized carbons (Fsp3) is 1.00. The molecule has 26 heteroatoms. The predicted octanol–water partition coefficient (Wildman–Crippen LogP) is -2.19. The number of rotatable bonds is 18. The van der Waals surface area contributed by atoms with Crippen LogP contribution in [0.3, 0.4) is 0 Å². The first-order valence-corrected chi connectivity index (χ1v) is 35.5. The van der Waals surface area contributed by atoms with E-state index in [2.05, 4.69) is 10.5 Å². The van der Waals surface area contributed by atoms with Gasteiger partial charge in [0.2, 0.25) is 47.6 Å². The van der Waals surface area contributed by atoms with Gasteiger partial charge in [-0.2, -0.15) is 13.2 Å². The SMILES string of the molecule is CO[Si](C)(C)O[Si](O[Si](C)(CCC(F)(F)F)O[Si](C)(C)C)([Si](O[Si])([Si]O)[Si]O)[Si](O[Si]O)([Si]O)[Si]O. The Labute approximate surface area is 230 Å². The summed E-state index contributed by atoms with van der Waals surface area (Å²) in [6.07, 6.45) is -5.79. The van der Waals surface area contributed by atoms with Crippen molar-refractivity contribution in [1.29, 1.82) is 0 Å². The molecular formula is C10H30F3O11Si12. The van der Waals surface area contributed by atoms with Crippen molar-refractivity contribution in [3.8, 4) is 0 Å². The van der Waals surface area contributed by atoms with Gasteiger partial charge in [0.15, 0.2) is 8.32 Å². The molecule has 0 spiro atoms. The van der Waals surface area contributed by atoms with Crippen molar-refractivity contribution in [2.24, 2.45) is 0 Å². The molecule has 0 aromatic heterocycles. The third-order valence-corrected chi connectivity index (χ3v) is 76.5. The lowest BCUT2D eigenvalue weighted by Gasteiger charge is -2.54. The van der Waals surface area contributed by atoms with Crippen molar-refractivity contribution in [2.75, 3.05) is 7.11 Å². The topological polar surface area (TPSA) is 157 Å². The van der Waals surface area contributed by atoms with Gasteiger partial charge in [-0.15, -0.1) is 0 Å². The second kappa shape index (κ2) is 14.7. The number of hydrogen-bond donors (Lipinski definition) is 5. The van der Waals surface area contributed by atoms with Crippen molar-refractivity contribution >= 4 is 104 Å². The lowest BCUT2D eigenvalue weighted by atomic mass is 10.5. The van der Waals surface area contributed by atoms with Crippen LogP contribution in [0.25, 0.3) is 0 Å². The highest BCUT2D eigenvalue weighted by atomic mass is 30.2. The third-order valence-electron chi connectivity index (χ3n) is 4.53. The summed E-state index contributed by atoms with van der Waals surface area (Å²) >= 11 is 0. The van der Waals surface area contributed by atoms with Crippen LogP contribution in [-0.2, 0) is 25.0 Å². The standard InChI is InChI=1S/C10H30F3O11Si12/c1-19-32(5,6)23-34(35(20-25,27-15)28-16,36(29-17,30-18)21-26-14)24-33(7,22-31(2,3)4)9-8-10(11,12)13/h14-18H,8-9H2,1-7H3. The monoisotopic (exact) mass is 719 g/mol. The molecule has 13 radical (unpaired) electrons. The van der Waals surface area contributed by atoms with Gasteiger partial charge in [-0.3, -0.25) is 0 Å². The molecule has 0 heterocycles. The maximum absolute atomic E-state index is 13.4. The average Bonchev–Trinajstić information content (AvgIpc) is 2.75. The minimum Gasteiger partial charge on any atom is -0.457 e. The molecule has 5 N–H and O–H groups in total. The Bertz CT molecular complexity index is 660. The second-order valence-electron chi connectivity index (χ2n) is 8.99. The second-order valence-corrected chi connectivity index (χ2v) is 58.1. The summed E-state index contributed by atoms with van der Waals surface area (Å²) in [5.41, 5.74) is 0. The van der Waals surface area contributed by atoms with Crippen LogP contribution in [0, 0.1) is 0 Å². The van der Waals surface area contributed by atoms with Crippen LogP contribution in [0.1, 0.15) is 6.42 Å². The zero-order valence-corrected chi connectivity index (χ0v) is 32.7. The molecule has 2 atom stereocenters. The van der Waals surface area contributed by atoms with Gasteiger partial charge in [-0.1, -0.05) is 0 Å². The van der Waals surface area contributed by atoms with Crippen molar-refractivity contribution in [2.45, 2.75) is 57.9 Å². The molecule has 36 heavy (non-hydrogen) atoms. The van der Waals surface area contributed by atoms with Crippen LogP contribution in [-0.4, -0.2) is 142 Å². The van der Waals surface area contributed by atoms with Crippen LogP contribution < -0.4 is 0 Å². The maximum Gasteiger partial charge on any atom is 0.418 e. The first-order valence-electron chi connectivity index (χ1n) is 10.0. The molecule has 0 aliphatic rings. The highest BCUT2D eigenvalue weighted by Gasteiger charge is 2.78. The van der Waals surface area contributed by atoms with Gasteiger partial charge in [0.05, 0.1) is 0 Å². The van der Waals surface area contributed by atoms with Gasteiger partial charge in [0.1, 0.15) is 0 Å². The summed E-state index contributed by atoms with van der Waals surface area (Å²) in [6, 6.07) is -0.571. The quantitative estimate of drug-likeness (QED) is 0.0982. The molecule has 0 rings (SSSR count). The fourth-order valence-electron chi connectivity index (χ4n) is 3.03. The number of halogens is 3. The molecule has 0 aliphatic heterocycles. The summed E-state index contributed by atoms with van der Waals surface area (Å²) in [4.78, 5) is 52.1. The van der Waals surface area contributed by atoms with Crippen LogP contribution in [0.2, 0.25) is 45.3 Å². The van der Waals surface area contributed by atoms with E-state index in [1.807, 2.05) is 0 Å². The molecule has 0 aromatic rings. The lowest BCUT2D eigenvalue weighted by Crippen LogP contribution is -2.93. The van der Waals surface area contributed by atoms with E-state index >= 15 is 0 Å². The molecule has 0 aromatic carbocycles. The highest BCUT2D eigenvalue weighted by Crippen LogP contribution is 2.39. The van der Waals surface area contributed by atoms with Gasteiger partial charge in [-0.05, 0) is 45.3 Å². The largest absolute Gasteiger partial charge is 0.457 e. The summed E-state index contributed by atoms with van der Waals surface area (Å²) in [5, 5.41) is 0. The minimum absolute atomic E-state index is 0.571. The van der Waals surface area contributed by atoms with Gasteiger partial charge in [-0.25, -0.2) is 0 Å². The molecule has 0 amide bonds. The van der Waals surface area contributed by atoms with Crippen LogP contribution in [0.5, 0.6) is 0 Å². The molecule has 11 nitrogen and oxygen atoms in total. The van der Waals surface area contributed by atoms with Gasteiger partial charge in [0.25, 0.3) is 13.7 Å². The zero-order chi connectivity index (χ0) is 28.7. The summed E-state index contributed by atoms with van der Waals surface area (Å²) in [7, 11) is -16.2. The summed E-state index contributed by atoms with van der Waals surface area (Å²) < 4.78 is 76.1. The Morgan fingerprint density at radius 1 is 0.778 bits per heavy atom. The van der Waals surface area contributed by atoms with Crippen molar-refractivity contribution in [3.05, 3.63) is 0 Å². The highest BCUT2D eigenvalue weighted by molar-refractivity contribution is 7.96. The van der Waals surface area contributed by atoms with Crippen molar-refractivity contribution in [1.82, 2.24) is 0 Å². The summed E-state index contributed by atoms with van der Waals surface area (Å²) in [5.74, 6) is 0. The smallest absolute Gasteiger partial charge is 0.418 e. The van der Waals surface area contributed by atoms with E-state index in [1.165, 1.54) is 13.7 Å². The normalized spacial score (nSPS) is 17.7. The molecule has 0 bridgehead atoms. The average molecular weight is 720 g/mol. The minimum atomic E-state index is -4.65. The Morgan fingerprint density at radius 3 is 1.56 bits per heavy atom. The van der Waals surface area contributed by atoms with Crippen molar-refractivity contribution in [3.63, 3.8) is 0 Å². The van der Waals surface area contributed by atoms with E-state index in [0.717, 1.165) is 0 Å². The fourth-order valence-corrected chi connectivity index (χ4v) is 108. The Kier molecular flexibility index (Phi) is 15.5. The van der Waals surface area contributed by atoms with E-state index in [4.69, 9.17) is 25.0 Å².